The maximum Gasteiger partial charge on any atom is 0.333 e. The fourth-order valence-corrected chi connectivity index (χ4v) is 2.86. The molecule has 0 saturated heterocycles. The van der Waals surface area contributed by atoms with E-state index in [0.717, 1.165) is 25.7 Å². The first-order valence-corrected chi connectivity index (χ1v) is 8.52. The predicted octanol–water partition coefficient (Wildman–Crippen LogP) is 5.60. The van der Waals surface area contributed by atoms with Crippen molar-refractivity contribution in [2.24, 2.45) is 11.8 Å². The van der Waals surface area contributed by atoms with E-state index in [-0.39, 0.29) is 12.1 Å². The van der Waals surface area contributed by atoms with Crippen molar-refractivity contribution in [3.63, 3.8) is 0 Å². The third kappa shape index (κ3) is 5.82. The summed E-state index contributed by atoms with van der Waals surface area (Å²) in [7, 11) is 0. The zero-order valence-electron chi connectivity index (χ0n) is 15.1. The second-order valence-corrected chi connectivity index (χ2v) is 6.89. The molecule has 2 nitrogen and oxygen atoms in total. The average Bonchev–Trinajstić information content (AvgIpc) is 2.45. The van der Waals surface area contributed by atoms with Gasteiger partial charge >= 0.3 is 5.97 Å². The first-order chi connectivity index (χ1) is 10.3. The Morgan fingerprint density at radius 3 is 2.55 bits per heavy atom. The van der Waals surface area contributed by atoms with Gasteiger partial charge in [-0.05, 0) is 65.4 Å². The first-order valence-electron chi connectivity index (χ1n) is 8.52. The molecular weight excluding hydrogens is 272 g/mol. The Balaban J connectivity index is 3.03. The van der Waals surface area contributed by atoms with E-state index in [0.29, 0.717) is 17.4 Å². The van der Waals surface area contributed by atoms with Gasteiger partial charge in [-0.1, -0.05) is 37.1 Å². The number of carbonyl (C=O) groups excluding carboxylic acids is 1. The van der Waals surface area contributed by atoms with Crippen LogP contribution in [0.5, 0.6) is 0 Å². The van der Waals surface area contributed by atoms with E-state index in [4.69, 9.17) is 4.74 Å². The minimum absolute atomic E-state index is 0.117. The molecule has 0 bridgehead atoms. The summed E-state index contributed by atoms with van der Waals surface area (Å²) in [5, 5.41) is 0. The lowest BCUT2D eigenvalue weighted by Gasteiger charge is -2.29. The highest BCUT2D eigenvalue weighted by atomic mass is 16.5. The van der Waals surface area contributed by atoms with E-state index in [1.807, 2.05) is 19.9 Å². The van der Waals surface area contributed by atoms with Crippen LogP contribution in [-0.4, -0.2) is 12.1 Å². The van der Waals surface area contributed by atoms with Crippen LogP contribution in [0.1, 0.15) is 67.2 Å². The van der Waals surface area contributed by atoms with Gasteiger partial charge in [0.15, 0.2) is 0 Å². The summed E-state index contributed by atoms with van der Waals surface area (Å²) in [6.07, 6.45) is 10.5. The largest absolute Gasteiger partial charge is 0.454 e. The number of hydrogen-bond donors (Lipinski definition) is 0. The molecule has 0 aromatic rings. The Morgan fingerprint density at radius 1 is 1.27 bits per heavy atom. The van der Waals surface area contributed by atoms with Crippen LogP contribution in [0.15, 0.2) is 34.9 Å². The highest BCUT2D eigenvalue weighted by molar-refractivity contribution is 5.87. The summed E-state index contributed by atoms with van der Waals surface area (Å²) in [5.74, 6) is 0.663. The number of rotatable bonds is 3. The van der Waals surface area contributed by atoms with Gasteiger partial charge in [-0.15, -0.1) is 0 Å². The molecule has 0 aromatic heterocycles. The second kappa shape index (κ2) is 8.97. The van der Waals surface area contributed by atoms with Gasteiger partial charge in [0.1, 0.15) is 6.10 Å². The van der Waals surface area contributed by atoms with Crippen LogP contribution in [-0.2, 0) is 9.53 Å². The number of hydrogen-bond acceptors (Lipinski definition) is 2. The average molecular weight is 304 g/mol. The number of esters is 1. The van der Waals surface area contributed by atoms with Crippen molar-refractivity contribution in [2.75, 3.05) is 0 Å². The molecule has 0 amide bonds. The maximum atomic E-state index is 12.2. The Labute approximate surface area is 136 Å². The molecule has 1 aliphatic rings. The van der Waals surface area contributed by atoms with E-state index in [2.05, 4.69) is 39.8 Å². The van der Waals surface area contributed by atoms with E-state index in [1.165, 1.54) is 11.1 Å². The fourth-order valence-electron chi connectivity index (χ4n) is 2.86. The smallest absolute Gasteiger partial charge is 0.333 e. The summed E-state index contributed by atoms with van der Waals surface area (Å²) >= 11 is 0. The van der Waals surface area contributed by atoms with Gasteiger partial charge in [0.2, 0.25) is 0 Å². The Hall–Kier alpha value is -1.31. The number of ether oxygens (including phenoxy) is 1. The molecule has 0 heterocycles. The summed E-state index contributed by atoms with van der Waals surface area (Å²) in [6.45, 7) is 12.5. The molecule has 2 heteroatoms. The number of carbonyl (C=O) groups is 1. The van der Waals surface area contributed by atoms with Gasteiger partial charge in [-0.2, -0.15) is 0 Å². The highest BCUT2D eigenvalue weighted by Gasteiger charge is 2.27. The van der Waals surface area contributed by atoms with E-state index >= 15 is 0 Å². The van der Waals surface area contributed by atoms with Crippen molar-refractivity contribution in [1.82, 2.24) is 0 Å². The Morgan fingerprint density at radius 2 is 1.95 bits per heavy atom. The normalized spacial score (nSPS) is 24.6. The topological polar surface area (TPSA) is 26.3 Å². The standard InChI is InChI=1S/C20H32O2/c1-7-17(6)20(21)22-19-13-16(5)10-8-9-15(4)11-12-18(19)14(2)3/h7,9,13-14,18-19H,8,10-12H2,1-6H3. The summed E-state index contributed by atoms with van der Waals surface area (Å²) in [4.78, 5) is 12.2. The molecule has 0 fully saturated rings. The second-order valence-electron chi connectivity index (χ2n) is 6.89. The molecule has 0 aromatic carbocycles. The van der Waals surface area contributed by atoms with Crippen LogP contribution in [0.4, 0.5) is 0 Å². The van der Waals surface area contributed by atoms with Crippen molar-refractivity contribution in [3.05, 3.63) is 34.9 Å². The molecule has 0 aliphatic heterocycles. The quantitative estimate of drug-likeness (QED) is 0.385. The molecular formula is C20H32O2. The van der Waals surface area contributed by atoms with Crippen molar-refractivity contribution in [1.29, 1.82) is 0 Å². The summed E-state index contributed by atoms with van der Waals surface area (Å²) in [6, 6.07) is 0. The zero-order valence-corrected chi connectivity index (χ0v) is 15.1. The molecule has 0 radical (unpaired) electrons. The van der Waals surface area contributed by atoms with E-state index < -0.39 is 0 Å². The predicted molar refractivity (Wildman–Crippen MR) is 93.6 cm³/mol. The lowest BCUT2D eigenvalue weighted by atomic mass is 9.83. The van der Waals surface area contributed by atoms with Crippen LogP contribution in [0.25, 0.3) is 0 Å². The van der Waals surface area contributed by atoms with E-state index in [9.17, 15) is 4.79 Å². The van der Waals surface area contributed by atoms with Crippen LogP contribution in [0.3, 0.4) is 0 Å². The molecule has 1 rings (SSSR count). The van der Waals surface area contributed by atoms with Crippen LogP contribution in [0, 0.1) is 11.8 Å². The number of allylic oxidation sites excluding steroid dienone is 4. The lowest BCUT2D eigenvalue weighted by molar-refractivity contribution is -0.145. The summed E-state index contributed by atoms with van der Waals surface area (Å²) < 4.78 is 5.85. The molecule has 22 heavy (non-hydrogen) atoms. The van der Waals surface area contributed by atoms with Gasteiger partial charge in [0.25, 0.3) is 0 Å². The zero-order chi connectivity index (χ0) is 16.7. The molecule has 0 N–H and O–H groups in total. The van der Waals surface area contributed by atoms with Crippen molar-refractivity contribution in [3.8, 4) is 0 Å². The molecule has 124 valence electrons. The SMILES string of the molecule is CC=C(C)C(=O)OC1C=C(C)CCC=C(C)CCC1C(C)C. The Kier molecular flexibility index (Phi) is 7.64. The van der Waals surface area contributed by atoms with Crippen LogP contribution >= 0.6 is 0 Å². The minimum Gasteiger partial charge on any atom is -0.454 e. The maximum absolute atomic E-state index is 12.2. The molecule has 0 spiro atoms. The minimum atomic E-state index is -0.188. The van der Waals surface area contributed by atoms with Gasteiger partial charge in [0.05, 0.1) is 0 Å². The lowest BCUT2D eigenvalue weighted by Crippen LogP contribution is -2.30. The molecule has 0 saturated carbocycles. The van der Waals surface area contributed by atoms with Crippen LogP contribution in [0.2, 0.25) is 0 Å². The molecule has 2 atom stereocenters. The van der Waals surface area contributed by atoms with Gasteiger partial charge < -0.3 is 4.74 Å². The third-order valence-corrected chi connectivity index (χ3v) is 4.63. The van der Waals surface area contributed by atoms with Crippen molar-refractivity contribution >= 4 is 5.97 Å². The van der Waals surface area contributed by atoms with E-state index in [1.54, 1.807) is 0 Å². The molecule has 2 unspecified atom stereocenters. The van der Waals surface area contributed by atoms with Gasteiger partial charge in [-0.3, -0.25) is 0 Å². The third-order valence-electron chi connectivity index (χ3n) is 4.63. The highest BCUT2D eigenvalue weighted by Crippen LogP contribution is 2.29. The van der Waals surface area contributed by atoms with Gasteiger partial charge in [-0.25, -0.2) is 4.79 Å². The van der Waals surface area contributed by atoms with Crippen molar-refractivity contribution < 1.29 is 9.53 Å². The van der Waals surface area contributed by atoms with Gasteiger partial charge in [0, 0.05) is 11.5 Å². The van der Waals surface area contributed by atoms with Crippen molar-refractivity contribution in [2.45, 2.75) is 73.3 Å². The van der Waals surface area contributed by atoms with Crippen LogP contribution < -0.4 is 0 Å². The Bertz CT molecular complexity index is 466. The fraction of sp³-hybridized carbons (Fsp3) is 0.650. The first kappa shape index (κ1) is 18.7. The summed E-state index contributed by atoms with van der Waals surface area (Å²) in [5.41, 5.74) is 3.45. The molecule has 1 aliphatic carbocycles. The monoisotopic (exact) mass is 304 g/mol.